The summed E-state index contributed by atoms with van der Waals surface area (Å²) in [5, 5.41) is 10.1. The van der Waals surface area contributed by atoms with E-state index in [9.17, 15) is 9.90 Å². The van der Waals surface area contributed by atoms with E-state index in [0.717, 1.165) is 5.03 Å². The zero-order chi connectivity index (χ0) is 12.3. The number of carbonyl (C=O) groups is 1. The molecular formula is C12H16N2O2S. The van der Waals surface area contributed by atoms with E-state index >= 15 is 0 Å². The highest BCUT2D eigenvalue weighted by molar-refractivity contribution is 8.00. The van der Waals surface area contributed by atoms with E-state index in [-0.39, 0.29) is 17.3 Å². The Morgan fingerprint density at radius 1 is 1.65 bits per heavy atom. The molecule has 1 saturated heterocycles. The molecule has 0 aliphatic carbocycles. The van der Waals surface area contributed by atoms with Crippen LogP contribution in [0.15, 0.2) is 29.4 Å². The van der Waals surface area contributed by atoms with Crippen LogP contribution in [0.25, 0.3) is 0 Å². The fourth-order valence-corrected chi connectivity index (χ4v) is 2.74. The van der Waals surface area contributed by atoms with Gasteiger partial charge in [0.2, 0.25) is 5.91 Å². The van der Waals surface area contributed by atoms with E-state index in [1.165, 1.54) is 11.8 Å². The zero-order valence-corrected chi connectivity index (χ0v) is 10.6. The maximum absolute atomic E-state index is 12.1. The Morgan fingerprint density at radius 2 is 2.47 bits per heavy atom. The van der Waals surface area contributed by atoms with Crippen LogP contribution in [-0.2, 0) is 4.79 Å². The van der Waals surface area contributed by atoms with Crippen LogP contribution in [-0.4, -0.2) is 45.3 Å². The second-order valence-corrected chi connectivity index (χ2v) is 5.52. The number of aliphatic hydroxyl groups excluding tert-OH is 1. The predicted octanol–water partition coefficient (Wildman–Crippen LogP) is 1.16. The van der Waals surface area contributed by atoms with Crippen molar-refractivity contribution in [1.82, 2.24) is 9.88 Å². The molecule has 2 atom stereocenters. The molecule has 2 heterocycles. The predicted molar refractivity (Wildman–Crippen MR) is 66.8 cm³/mol. The molecule has 1 aromatic heterocycles. The van der Waals surface area contributed by atoms with E-state index < -0.39 is 0 Å². The van der Waals surface area contributed by atoms with Gasteiger partial charge in [-0.2, -0.15) is 0 Å². The van der Waals surface area contributed by atoms with Gasteiger partial charge in [0.05, 0.1) is 16.4 Å². The summed E-state index contributed by atoms with van der Waals surface area (Å²) >= 11 is 1.46. The number of likely N-dealkylation sites (tertiary alicyclic amines) is 1. The third-order valence-corrected chi connectivity index (χ3v) is 3.80. The number of hydrogen-bond donors (Lipinski definition) is 1. The van der Waals surface area contributed by atoms with Crippen molar-refractivity contribution in [3.8, 4) is 0 Å². The molecular weight excluding hydrogens is 236 g/mol. The molecule has 4 nitrogen and oxygen atoms in total. The molecule has 1 unspecified atom stereocenters. The topological polar surface area (TPSA) is 53.4 Å². The van der Waals surface area contributed by atoms with Crippen molar-refractivity contribution >= 4 is 17.7 Å². The summed E-state index contributed by atoms with van der Waals surface area (Å²) < 4.78 is 0. The van der Waals surface area contributed by atoms with Gasteiger partial charge in [0, 0.05) is 19.3 Å². The van der Waals surface area contributed by atoms with E-state index in [2.05, 4.69) is 4.98 Å². The van der Waals surface area contributed by atoms with Gasteiger partial charge in [0.25, 0.3) is 0 Å². The highest BCUT2D eigenvalue weighted by Gasteiger charge is 2.28. The Balaban J connectivity index is 1.92. The molecule has 1 amide bonds. The van der Waals surface area contributed by atoms with Gasteiger partial charge in [-0.05, 0) is 25.5 Å². The number of β-amino-alcohol motifs (C(OH)–C–C–N with tert-alkyl or cyclic N) is 1. The number of amides is 1. The summed E-state index contributed by atoms with van der Waals surface area (Å²) in [7, 11) is 0. The molecule has 1 aliphatic heterocycles. The number of aliphatic hydroxyl groups is 1. The minimum Gasteiger partial charge on any atom is -0.391 e. The molecule has 1 fully saturated rings. The number of thioether (sulfide) groups is 1. The van der Waals surface area contributed by atoms with Gasteiger partial charge in [-0.3, -0.25) is 4.79 Å². The summed E-state index contributed by atoms with van der Waals surface area (Å²) in [5.41, 5.74) is 0. The van der Waals surface area contributed by atoms with E-state index in [0.29, 0.717) is 19.5 Å². The highest BCUT2D eigenvalue weighted by Crippen LogP contribution is 2.23. The van der Waals surface area contributed by atoms with Gasteiger partial charge in [-0.15, -0.1) is 0 Å². The van der Waals surface area contributed by atoms with Crippen molar-refractivity contribution in [3.05, 3.63) is 24.4 Å². The molecule has 0 spiro atoms. The number of aromatic nitrogens is 1. The van der Waals surface area contributed by atoms with Gasteiger partial charge < -0.3 is 10.0 Å². The lowest BCUT2D eigenvalue weighted by atomic mass is 10.3. The monoisotopic (exact) mass is 252 g/mol. The van der Waals surface area contributed by atoms with Crippen LogP contribution >= 0.6 is 11.8 Å². The normalized spacial score (nSPS) is 21.5. The standard InChI is InChI=1S/C12H16N2O2S/c1-9(17-11-4-2-3-6-13-11)12(16)14-7-5-10(15)8-14/h2-4,6,9-10,15H,5,7-8H2,1H3/t9?,10-/m1/s1. The highest BCUT2D eigenvalue weighted by atomic mass is 32.2. The molecule has 1 N–H and O–H groups in total. The number of carbonyl (C=O) groups excluding carboxylic acids is 1. The Morgan fingerprint density at radius 3 is 3.06 bits per heavy atom. The second kappa shape index (κ2) is 5.51. The number of pyridine rings is 1. The molecule has 2 rings (SSSR count). The molecule has 17 heavy (non-hydrogen) atoms. The first kappa shape index (κ1) is 12.4. The fraction of sp³-hybridized carbons (Fsp3) is 0.500. The first-order chi connectivity index (χ1) is 8.16. The summed E-state index contributed by atoms with van der Waals surface area (Å²) in [5.74, 6) is 0.0807. The number of rotatable bonds is 3. The Hall–Kier alpha value is -1.07. The van der Waals surface area contributed by atoms with Gasteiger partial charge in [0.1, 0.15) is 0 Å². The second-order valence-electron chi connectivity index (χ2n) is 4.15. The third kappa shape index (κ3) is 3.20. The minimum absolute atomic E-state index is 0.0807. The quantitative estimate of drug-likeness (QED) is 0.820. The molecule has 0 bridgehead atoms. The van der Waals surface area contributed by atoms with Gasteiger partial charge in [-0.1, -0.05) is 17.8 Å². The zero-order valence-electron chi connectivity index (χ0n) is 9.74. The molecule has 0 aromatic carbocycles. The van der Waals surface area contributed by atoms with Crippen LogP contribution in [0.4, 0.5) is 0 Å². The first-order valence-corrected chi connectivity index (χ1v) is 6.59. The summed E-state index contributed by atoms with van der Waals surface area (Å²) in [6, 6.07) is 5.66. The number of nitrogens with zero attached hydrogens (tertiary/aromatic N) is 2. The van der Waals surface area contributed by atoms with Crippen molar-refractivity contribution in [1.29, 1.82) is 0 Å². The van der Waals surface area contributed by atoms with Crippen molar-refractivity contribution in [3.63, 3.8) is 0 Å². The van der Waals surface area contributed by atoms with Crippen molar-refractivity contribution < 1.29 is 9.90 Å². The smallest absolute Gasteiger partial charge is 0.235 e. The van der Waals surface area contributed by atoms with Gasteiger partial charge in [-0.25, -0.2) is 4.98 Å². The van der Waals surface area contributed by atoms with Crippen LogP contribution in [0.5, 0.6) is 0 Å². The van der Waals surface area contributed by atoms with E-state index in [1.54, 1.807) is 11.1 Å². The first-order valence-electron chi connectivity index (χ1n) is 5.71. The Bertz CT molecular complexity index is 385. The SMILES string of the molecule is CC(Sc1ccccn1)C(=O)N1CC[C@@H](O)C1. The van der Waals surface area contributed by atoms with Crippen molar-refractivity contribution in [2.45, 2.75) is 29.7 Å². The lowest BCUT2D eigenvalue weighted by Crippen LogP contribution is -2.35. The van der Waals surface area contributed by atoms with Crippen LogP contribution < -0.4 is 0 Å². The Labute approximate surface area is 105 Å². The molecule has 0 saturated carbocycles. The maximum atomic E-state index is 12.1. The van der Waals surface area contributed by atoms with Gasteiger partial charge in [0.15, 0.2) is 0 Å². The maximum Gasteiger partial charge on any atom is 0.235 e. The number of hydrogen-bond acceptors (Lipinski definition) is 4. The summed E-state index contributed by atoms with van der Waals surface area (Å²) in [6.07, 6.45) is 2.05. The fourth-order valence-electron chi connectivity index (χ4n) is 1.85. The van der Waals surface area contributed by atoms with E-state index in [4.69, 9.17) is 0 Å². The van der Waals surface area contributed by atoms with Crippen LogP contribution in [0.2, 0.25) is 0 Å². The summed E-state index contributed by atoms with van der Waals surface area (Å²) in [6.45, 7) is 3.01. The third-order valence-electron chi connectivity index (χ3n) is 2.76. The van der Waals surface area contributed by atoms with Crippen LogP contribution in [0.3, 0.4) is 0 Å². The van der Waals surface area contributed by atoms with Crippen molar-refractivity contribution in [2.75, 3.05) is 13.1 Å². The molecule has 92 valence electrons. The molecule has 1 aliphatic rings. The lowest BCUT2D eigenvalue weighted by Gasteiger charge is -2.19. The van der Waals surface area contributed by atoms with Crippen LogP contribution in [0.1, 0.15) is 13.3 Å². The van der Waals surface area contributed by atoms with Crippen molar-refractivity contribution in [2.24, 2.45) is 0 Å². The molecule has 0 radical (unpaired) electrons. The average Bonchev–Trinajstić information content (AvgIpc) is 2.76. The lowest BCUT2D eigenvalue weighted by molar-refractivity contribution is -0.129. The van der Waals surface area contributed by atoms with Gasteiger partial charge >= 0.3 is 0 Å². The largest absolute Gasteiger partial charge is 0.391 e. The minimum atomic E-state index is -0.356. The molecule has 1 aromatic rings. The summed E-state index contributed by atoms with van der Waals surface area (Å²) in [4.78, 5) is 18.0. The van der Waals surface area contributed by atoms with E-state index in [1.807, 2.05) is 25.1 Å². The Kier molecular flexibility index (Phi) is 4.02. The molecule has 5 heteroatoms. The van der Waals surface area contributed by atoms with Crippen LogP contribution in [0, 0.1) is 0 Å². The average molecular weight is 252 g/mol.